The van der Waals surface area contributed by atoms with Gasteiger partial charge in [0.1, 0.15) is 5.82 Å². The molecule has 3 nitrogen and oxygen atoms in total. The van der Waals surface area contributed by atoms with Crippen molar-refractivity contribution in [3.63, 3.8) is 0 Å². The number of methoxy groups -OCH3 is 1. The van der Waals surface area contributed by atoms with Crippen molar-refractivity contribution in [1.82, 2.24) is 5.32 Å². The second-order valence-electron chi connectivity index (χ2n) is 5.72. The molecule has 0 spiro atoms. The van der Waals surface area contributed by atoms with Crippen LogP contribution in [0.1, 0.15) is 38.2 Å². The van der Waals surface area contributed by atoms with Gasteiger partial charge in [-0.05, 0) is 43.0 Å². The molecule has 0 amide bonds. The monoisotopic (exact) mass is 294 g/mol. The van der Waals surface area contributed by atoms with E-state index in [1.54, 1.807) is 19.2 Å². The van der Waals surface area contributed by atoms with E-state index in [9.17, 15) is 4.39 Å². The molecule has 0 bridgehead atoms. The number of hydrogen-bond acceptors (Lipinski definition) is 3. The van der Waals surface area contributed by atoms with Gasteiger partial charge in [0.15, 0.2) is 0 Å². The van der Waals surface area contributed by atoms with Crippen LogP contribution in [0.4, 0.5) is 10.1 Å². The van der Waals surface area contributed by atoms with Gasteiger partial charge in [0.05, 0.1) is 6.61 Å². The van der Waals surface area contributed by atoms with Crippen molar-refractivity contribution in [2.45, 2.75) is 45.2 Å². The summed E-state index contributed by atoms with van der Waals surface area (Å²) in [5.41, 5.74) is 2.24. The number of unbranched alkanes of at least 4 members (excludes halogenated alkanes) is 1. The average molecular weight is 294 g/mol. The largest absolute Gasteiger partial charge is 0.383 e. The van der Waals surface area contributed by atoms with Crippen LogP contribution in [0.2, 0.25) is 0 Å². The van der Waals surface area contributed by atoms with Crippen molar-refractivity contribution in [2.75, 3.05) is 31.7 Å². The first-order chi connectivity index (χ1) is 10.3. The van der Waals surface area contributed by atoms with E-state index in [4.69, 9.17) is 4.74 Å². The van der Waals surface area contributed by atoms with Gasteiger partial charge < -0.3 is 15.0 Å². The summed E-state index contributed by atoms with van der Waals surface area (Å²) >= 11 is 0. The number of rotatable bonds is 10. The maximum atomic E-state index is 13.6. The number of hydrogen-bond donors (Lipinski definition) is 1. The van der Waals surface area contributed by atoms with E-state index < -0.39 is 0 Å². The molecule has 0 aliphatic heterocycles. The van der Waals surface area contributed by atoms with Crippen LogP contribution < -0.4 is 10.2 Å². The van der Waals surface area contributed by atoms with E-state index in [0.29, 0.717) is 19.2 Å². The van der Waals surface area contributed by atoms with Gasteiger partial charge in [-0.2, -0.15) is 0 Å². The molecule has 1 aromatic rings. The van der Waals surface area contributed by atoms with Crippen molar-refractivity contribution >= 4 is 5.69 Å². The van der Waals surface area contributed by atoms with Crippen LogP contribution >= 0.6 is 0 Å². The van der Waals surface area contributed by atoms with E-state index in [-0.39, 0.29) is 5.82 Å². The van der Waals surface area contributed by atoms with Crippen molar-refractivity contribution in [3.8, 4) is 0 Å². The Morgan fingerprint density at radius 1 is 1.38 bits per heavy atom. The number of nitrogens with zero attached hydrogens (tertiary/aromatic N) is 1. The fourth-order valence-electron chi connectivity index (χ4n) is 2.59. The second kappa shape index (κ2) is 8.35. The SMILES string of the molecule is CCCCN(c1ccc(F)cc1CNCCOC)C1CC1. The Hall–Kier alpha value is -1.13. The predicted octanol–water partition coefficient (Wildman–Crippen LogP) is 3.33. The lowest BCUT2D eigenvalue weighted by molar-refractivity contribution is 0.199. The summed E-state index contributed by atoms with van der Waals surface area (Å²) in [6, 6.07) is 5.84. The minimum absolute atomic E-state index is 0.159. The normalized spacial score (nSPS) is 14.4. The van der Waals surface area contributed by atoms with Crippen LogP contribution in [0, 0.1) is 5.82 Å². The number of nitrogens with one attached hydrogen (secondary N) is 1. The minimum atomic E-state index is -0.159. The topological polar surface area (TPSA) is 24.5 Å². The molecule has 21 heavy (non-hydrogen) atoms. The molecular weight excluding hydrogens is 267 g/mol. The van der Waals surface area contributed by atoms with Crippen LogP contribution in [0.3, 0.4) is 0 Å². The molecule has 1 aliphatic rings. The molecule has 1 aliphatic carbocycles. The molecule has 2 rings (SSSR count). The Labute approximate surface area is 127 Å². The van der Waals surface area contributed by atoms with Crippen molar-refractivity contribution in [2.24, 2.45) is 0 Å². The Kier molecular flexibility index (Phi) is 6.46. The first-order valence-electron chi connectivity index (χ1n) is 8.01. The summed E-state index contributed by atoms with van der Waals surface area (Å²) in [5.74, 6) is -0.159. The highest BCUT2D eigenvalue weighted by Crippen LogP contribution is 2.34. The first kappa shape index (κ1) is 16.2. The van der Waals surface area contributed by atoms with Gasteiger partial charge in [-0.1, -0.05) is 13.3 Å². The zero-order chi connectivity index (χ0) is 15.1. The molecule has 1 fully saturated rings. The van der Waals surface area contributed by atoms with Gasteiger partial charge in [0, 0.05) is 38.5 Å². The summed E-state index contributed by atoms with van der Waals surface area (Å²) in [6.45, 7) is 5.42. The zero-order valence-electron chi connectivity index (χ0n) is 13.2. The number of ether oxygens (including phenoxy) is 1. The summed E-state index contributed by atoms with van der Waals surface area (Å²) in [4.78, 5) is 2.47. The Balaban J connectivity index is 2.08. The highest BCUT2D eigenvalue weighted by molar-refractivity contribution is 5.55. The predicted molar refractivity (Wildman–Crippen MR) is 85.3 cm³/mol. The van der Waals surface area contributed by atoms with Crippen LogP contribution in [-0.4, -0.2) is 32.8 Å². The highest BCUT2D eigenvalue weighted by atomic mass is 19.1. The average Bonchev–Trinajstić information content (AvgIpc) is 3.30. The maximum absolute atomic E-state index is 13.6. The van der Waals surface area contributed by atoms with Gasteiger partial charge >= 0.3 is 0 Å². The Morgan fingerprint density at radius 3 is 2.86 bits per heavy atom. The Bertz CT molecular complexity index is 435. The molecule has 0 radical (unpaired) electrons. The van der Waals surface area contributed by atoms with Gasteiger partial charge in [0.2, 0.25) is 0 Å². The molecule has 0 atom stereocenters. The number of benzene rings is 1. The van der Waals surface area contributed by atoms with E-state index in [2.05, 4.69) is 17.1 Å². The zero-order valence-corrected chi connectivity index (χ0v) is 13.2. The van der Waals surface area contributed by atoms with Crippen LogP contribution in [0.25, 0.3) is 0 Å². The van der Waals surface area contributed by atoms with Crippen LogP contribution in [0.5, 0.6) is 0 Å². The molecule has 118 valence electrons. The lowest BCUT2D eigenvalue weighted by atomic mass is 10.1. The standard InChI is InChI=1S/C17H27FN2O/c1-3-4-10-20(16-6-7-16)17-8-5-15(18)12-14(17)13-19-9-11-21-2/h5,8,12,16,19H,3-4,6-7,9-11,13H2,1-2H3. The lowest BCUT2D eigenvalue weighted by Crippen LogP contribution is -2.29. The van der Waals surface area contributed by atoms with Gasteiger partial charge in [0.25, 0.3) is 0 Å². The van der Waals surface area contributed by atoms with E-state index in [1.807, 2.05) is 6.07 Å². The molecule has 0 unspecified atom stereocenters. The molecule has 1 aromatic carbocycles. The quantitative estimate of drug-likeness (QED) is 0.670. The molecular formula is C17H27FN2O. The van der Waals surface area contributed by atoms with Crippen LogP contribution in [0.15, 0.2) is 18.2 Å². The fourth-order valence-corrected chi connectivity index (χ4v) is 2.59. The molecule has 0 heterocycles. The summed E-state index contributed by atoms with van der Waals surface area (Å²) in [6.07, 6.45) is 4.89. The second-order valence-corrected chi connectivity index (χ2v) is 5.72. The van der Waals surface area contributed by atoms with E-state index in [0.717, 1.165) is 18.7 Å². The van der Waals surface area contributed by atoms with E-state index in [1.165, 1.54) is 31.4 Å². The summed E-state index contributed by atoms with van der Waals surface area (Å²) in [5, 5.41) is 3.32. The van der Waals surface area contributed by atoms with Gasteiger partial charge in [-0.25, -0.2) is 4.39 Å². The van der Waals surface area contributed by atoms with Crippen LogP contribution in [-0.2, 0) is 11.3 Å². The summed E-state index contributed by atoms with van der Waals surface area (Å²) < 4.78 is 18.6. The first-order valence-corrected chi connectivity index (χ1v) is 8.01. The van der Waals surface area contributed by atoms with Crippen molar-refractivity contribution in [3.05, 3.63) is 29.6 Å². The summed E-state index contributed by atoms with van der Waals surface area (Å²) in [7, 11) is 1.69. The van der Waals surface area contributed by atoms with Crippen molar-refractivity contribution in [1.29, 1.82) is 0 Å². The molecule has 1 N–H and O–H groups in total. The van der Waals surface area contributed by atoms with Crippen molar-refractivity contribution < 1.29 is 9.13 Å². The molecule has 0 aromatic heterocycles. The smallest absolute Gasteiger partial charge is 0.123 e. The molecule has 1 saturated carbocycles. The lowest BCUT2D eigenvalue weighted by Gasteiger charge is -2.27. The third-order valence-corrected chi connectivity index (χ3v) is 3.89. The number of anilines is 1. The van der Waals surface area contributed by atoms with Gasteiger partial charge in [-0.3, -0.25) is 0 Å². The van der Waals surface area contributed by atoms with Gasteiger partial charge in [-0.15, -0.1) is 0 Å². The number of halogens is 1. The highest BCUT2D eigenvalue weighted by Gasteiger charge is 2.29. The Morgan fingerprint density at radius 2 is 2.19 bits per heavy atom. The minimum Gasteiger partial charge on any atom is -0.383 e. The molecule has 0 saturated heterocycles. The third-order valence-electron chi connectivity index (χ3n) is 3.89. The molecule has 4 heteroatoms. The fraction of sp³-hybridized carbons (Fsp3) is 0.647. The third kappa shape index (κ3) is 4.97. The van der Waals surface area contributed by atoms with E-state index >= 15 is 0 Å². The maximum Gasteiger partial charge on any atom is 0.123 e.